The highest BCUT2D eigenvalue weighted by atomic mass is 15.1. The molecule has 5 aliphatic carbocycles. The molecular formula is C92H84N6. The molecule has 0 radical (unpaired) electrons. The van der Waals surface area contributed by atoms with Crippen molar-refractivity contribution in [3.63, 3.8) is 0 Å². The number of nitrogens with two attached hydrogens (primary N) is 1. The van der Waals surface area contributed by atoms with Crippen molar-refractivity contribution in [2.24, 2.45) is 23.7 Å². The van der Waals surface area contributed by atoms with Gasteiger partial charge < -0.3 is 29.7 Å². The Kier molecular flexibility index (Phi) is 15.8. The van der Waals surface area contributed by atoms with E-state index in [-0.39, 0.29) is 0 Å². The molecule has 6 atom stereocenters. The number of hydrogen-bond donors (Lipinski definition) is 2. The highest BCUT2D eigenvalue weighted by Crippen LogP contribution is 2.55. The van der Waals surface area contributed by atoms with Gasteiger partial charge in [0.15, 0.2) is 0 Å². The molecule has 482 valence electrons. The van der Waals surface area contributed by atoms with E-state index < -0.39 is 0 Å². The van der Waals surface area contributed by atoms with Gasteiger partial charge in [0.2, 0.25) is 0 Å². The SMILES string of the molecule is Nc1ccc2c(c1)c1ccccc1n2-c1ccccc1.c1ccc(-n2c3ccccc3c3cc(N(c4ccc(C5CCCCC5)cc4)c4ccc(C5CC6CCC5C6)cc4)ccc32)cc1.c1ccc(-n2c3ccccc3c3cc(Nc4ccc(C5CC6CCC5C6)cc4)ccc32)cc1. The van der Waals surface area contributed by atoms with E-state index in [1.807, 2.05) is 12.1 Å². The first-order valence-corrected chi connectivity index (χ1v) is 36.4. The Morgan fingerprint density at radius 2 is 0.684 bits per heavy atom. The number of nitrogens with zero attached hydrogens (tertiary/aromatic N) is 4. The summed E-state index contributed by atoms with van der Waals surface area (Å²) in [7, 11) is 0. The lowest BCUT2D eigenvalue weighted by Gasteiger charge is -2.28. The number of para-hydroxylation sites is 6. The lowest BCUT2D eigenvalue weighted by Crippen LogP contribution is -2.12. The molecule has 5 aliphatic rings. The largest absolute Gasteiger partial charge is 0.399 e. The van der Waals surface area contributed by atoms with Crippen molar-refractivity contribution >= 4 is 99.5 Å². The van der Waals surface area contributed by atoms with Crippen LogP contribution in [0.25, 0.3) is 82.5 Å². The molecule has 12 aromatic carbocycles. The van der Waals surface area contributed by atoms with E-state index in [0.29, 0.717) is 5.92 Å². The van der Waals surface area contributed by atoms with E-state index >= 15 is 0 Å². The zero-order valence-corrected chi connectivity index (χ0v) is 55.8. The first kappa shape index (κ1) is 59.9. The lowest BCUT2D eigenvalue weighted by atomic mass is 9.83. The van der Waals surface area contributed by atoms with Crippen LogP contribution in [0.5, 0.6) is 0 Å². The lowest BCUT2D eigenvalue weighted by molar-refractivity contribution is 0.420. The summed E-state index contributed by atoms with van der Waals surface area (Å²) in [6.45, 7) is 0. The second kappa shape index (κ2) is 25.8. The molecule has 0 aliphatic heterocycles. The van der Waals surface area contributed by atoms with Crippen LogP contribution < -0.4 is 16.0 Å². The van der Waals surface area contributed by atoms with Gasteiger partial charge >= 0.3 is 0 Å². The average Bonchev–Trinajstić information content (AvgIpc) is 1.61. The quantitative estimate of drug-likeness (QED) is 0.127. The van der Waals surface area contributed by atoms with Gasteiger partial charge in [-0.25, -0.2) is 0 Å². The maximum absolute atomic E-state index is 5.95. The van der Waals surface area contributed by atoms with Crippen LogP contribution >= 0.6 is 0 Å². The molecule has 3 aromatic heterocycles. The van der Waals surface area contributed by atoms with Crippen molar-refractivity contribution in [2.75, 3.05) is 16.0 Å². The summed E-state index contributed by atoms with van der Waals surface area (Å²) in [6.07, 6.45) is 18.3. The number of nitrogen functional groups attached to an aromatic ring is 1. The molecule has 3 heterocycles. The third-order valence-corrected chi connectivity index (χ3v) is 23.2. The predicted molar refractivity (Wildman–Crippen MR) is 413 cm³/mol. The minimum Gasteiger partial charge on any atom is -0.399 e. The van der Waals surface area contributed by atoms with E-state index in [9.17, 15) is 0 Å². The average molecular weight is 1270 g/mol. The van der Waals surface area contributed by atoms with Crippen LogP contribution in [-0.4, -0.2) is 13.7 Å². The minimum absolute atomic E-state index is 0.711. The van der Waals surface area contributed by atoms with Crippen LogP contribution in [0, 0.1) is 23.7 Å². The molecular weight excluding hydrogens is 1190 g/mol. The van der Waals surface area contributed by atoms with Crippen LogP contribution in [0.4, 0.5) is 34.1 Å². The third-order valence-electron chi connectivity index (χ3n) is 23.2. The second-order valence-electron chi connectivity index (χ2n) is 28.9. The number of anilines is 6. The van der Waals surface area contributed by atoms with Crippen molar-refractivity contribution in [3.05, 3.63) is 308 Å². The zero-order chi connectivity index (χ0) is 65.0. The highest BCUT2D eigenvalue weighted by molar-refractivity contribution is 6.12. The topological polar surface area (TPSA) is 56.1 Å². The summed E-state index contributed by atoms with van der Waals surface area (Å²) in [5, 5.41) is 11.2. The van der Waals surface area contributed by atoms with Gasteiger partial charge in [-0.1, -0.05) is 178 Å². The summed E-state index contributed by atoms with van der Waals surface area (Å²) in [5.74, 6) is 6.03. The Bertz CT molecular complexity index is 5330. The summed E-state index contributed by atoms with van der Waals surface area (Å²) in [6, 6.07) is 106. The molecule has 3 N–H and O–H groups in total. The zero-order valence-electron chi connectivity index (χ0n) is 55.8. The third kappa shape index (κ3) is 11.2. The fourth-order valence-electron chi connectivity index (χ4n) is 18.6. The summed E-state index contributed by atoms with van der Waals surface area (Å²) in [5.41, 5.74) is 28.2. The van der Waals surface area contributed by atoms with Crippen molar-refractivity contribution in [2.45, 2.75) is 101 Å². The molecule has 5 saturated carbocycles. The maximum atomic E-state index is 5.95. The minimum atomic E-state index is 0.711. The van der Waals surface area contributed by atoms with Crippen LogP contribution in [0.3, 0.4) is 0 Å². The van der Waals surface area contributed by atoms with Crippen molar-refractivity contribution in [3.8, 4) is 17.1 Å². The van der Waals surface area contributed by atoms with Crippen LogP contribution in [0.1, 0.15) is 118 Å². The first-order valence-electron chi connectivity index (χ1n) is 36.4. The molecule has 5 fully saturated rings. The predicted octanol–water partition coefficient (Wildman–Crippen LogP) is 25.0. The van der Waals surface area contributed by atoms with Gasteiger partial charge in [-0.3, -0.25) is 0 Å². The number of benzene rings is 12. The van der Waals surface area contributed by atoms with Crippen LogP contribution in [0.15, 0.2) is 291 Å². The highest BCUT2D eigenvalue weighted by Gasteiger charge is 2.41. The Morgan fingerprint density at radius 3 is 1.15 bits per heavy atom. The van der Waals surface area contributed by atoms with Crippen LogP contribution in [0.2, 0.25) is 0 Å². The molecule has 6 nitrogen and oxygen atoms in total. The van der Waals surface area contributed by atoms with Crippen molar-refractivity contribution in [1.82, 2.24) is 13.7 Å². The van der Waals surface area contributed by atoms with E-state index in [4.69, 9.17) is 5.73 Å². The molecule has 0 saturated heterocycles. The van der Waals surface area contributed by atoms with Gasteiger partial charge in [-0.05, 0) is 255 Å². The Balaban J connectivity index is 0.000000115. The summed E-state index contributed by atoms with van der Waals surface area (Å²) in [4.78, 5) is 2.48. The van der Waals surface area contributed by atoms with E-state index in [0.717, 1.165) is 52.6 Å². The van der Waals surface area contributed by atoms with Gasteiger partial charge in [-0.15, -0.1) is 0 Å². The van der Waals surface area contributed by atoms with Crippen LogP contribution in [-0.2, 0) is 0 Å². The fraction of sp³-hybridized carbons (Fsp3) is 0.217. The molecule has 15 aromatic rings. The molecule has 0 spiro atoms. The molecule has 0 amide bonds. The molecule has 98 heavy (non-hydrogen) atoms. The Morgan fingerprint density at radius 1 is 0.296 bits per heavy atom. The second-order valence-corrected chi connectivity index (χ2v) is 28.9. The normalized spacial score (nSPS) is 19.5. The number of rotatable bonds is 11. The molecule has 6 heteroatoms. The molecule has 4 bridgehead atoms. The summed E-state index contributed by atoms with van der Waals surface area (Å²) < 4.78 is 7.05. The Hall–Kier alpha value is -10.6. The molecule has 6 unspecified atom stereocenters. The van der Waals surface area contributed by atoms with E-state index in [2.05, 4.69) is 303 Å². The smallest absolute Gasteiger partial charge is 0.0542 e. The molecule has 20 rings (SSSR count). The number of aromatic nitrogens is 3. The summed E-state index contributed by atoms with van der Waals surface area (Å²) >= 11 is 0. The van der Waals surface area contributed by atoms with E-state index in [1.54, 1.807) is 5.56 Å². The number of fused-ring (bicyclic) bond motifs is 13. The van der Waals surface area contributed by atoms with Crippen molar-refractivity contribution < 1.29 is 0 Å². The van der Waals surface area contributed by atoms with Gasteiger partial charge in [0.05, 0.1) is 33.1 Å². The van der Waals surface area contributed by atoms with Gasteiger partial charge in [0, 0.05) is 83.5 Å². The Labute approximate surface area is 575 Å². The van der Waals surface area contributed by atoms with Gasteiger partial charge in [0.25, 0.3) is 0 Å². The maximum Gasteiger partial charge on any atom is 0.0542 e. The number of nitrogens with one attached hydrogen (secondary N) is 1. The van der Waals surface area contributed by atoms with Crippen molar-refractivity contribution in [1.29, 1.82) is 0 Å². The van der Waals surface area contributed by atoms with Gasteiger partial charge in [0.1, 0.15) is 0 Å². The fourth-order valence-corrected chi connectivity index (χ4v) is 18.6. The number of hydrogen-bond acceptors (Lipinski definition) is 3. The standard InChI is InChI=1S/C43H42N2.C31H28N2.C18H14N2/c1-3-9-31(10-4-1)32-17-21-36(22-18-32)44(37-23-19-33(20-24-37)40-28-30-15-16-34(40)27-30)38-25-26-43-41(29-38)39-13-7-8-14-42(39)45(43)35-11-5-2-6-12-35;1-2-6-26(7-3-1)33-30-9-5-4-8-27(30)29-20-25(16-17-31(29)33)32-24-14-12-22(13-15-24)28-19-21-10-11-23(28)18-21;19-13-10-11-18-16(12-13)15-8-4-5-9-17(15)20(18)14-6-2-1-3-7-14/h2,5-8,11-14,17-26,29-31,34,40H,1,3-4,9-10,15-16,27-28H2;1-9,12-17,20-21,23,28,32H,10-11,18-19H2;1-12H,19H2. The monoisotopic (exact) mass is 1270 g/mol. The van der Waals surface area contributed by atoms with E-state index in [1.165, 1.54) is 194 Å². The van der Waals surface area contributed by atoms with Gasteiger partial charge in [-0.2, -0.15) is 0 Å². The first-order chi connectivity index (χ1) is 48.5.